The molecule has 0 aliphatic rings. The van der Waals surface area contributed by atoms with Crippen LogP contribution in [0.3, 0.4) is 0 Å². The van der Waals surface area contributed by atoms with Crippen LogP contribution in [0.4, 0.5) is 5.69 Å². The lowest BCUT2D eigenvalue weighted by atomic mass is 10.0. The Kier molecular flexibility index (Phi) is 7.87. The zero-order valence-corrected chi connectivity index (χ0v) is 19.4. The fourth-order valence-corrected chi connectivity index (χ4v) is 3.46. The minimum absolute atomic E-state index is 0.0111. The second-order valence-electron chi connectivity index (χ2n) is 6.65. The average molecular weight is 514 g/mol. The SMILES string of the molecule is CCOc1cc(/C=C(\C#N)c2ccc(Br)cc2)cc(Cl)c1OCc1ccc([N+](=O)[O-])cc1. The van der Waals surface area contributed by atoms with Gasteiger partial charge in [-0.2, -0.15) is 5.26 Å². The molecule has 32 heavy (non-hydrogen) atoms. The minimum Gasteiger partial charge on any atom is -0.490 e. The van der Waals surface area contributed by atoms with Crippen molar-refractivity contribution < 1.29 is 14.4 Å². The molecule has 0 radical (unpaired) electrons. The Morgan fingerprint density at radius 1 is 1.16 bits per heavy atom. The van der Waals surface area contributed by atoms with Gasteiger partial charge in [0.05, 0.1) is 28.2 Å². The maximum Gasteiger partial charge on any atom is 0.269 e. The summed E-state index contributed by atoms with van der Waals surface area (Å²) in [6, 6.07) is 19.2. The van der Waals surface area contributed by atoms with Gasteiger partial charge >= 0.3 is 0 Å². The van der Waals surface area contributed by atoms with E-state index >= 15 is 0 Å². The number of nitro benzene ring substituents is 1. The third kappa shape index (κ3) is 5.88. The lowest BCUT2D eigenvalue weighted by molar-refractivity contribution is -0.384. The number of ether oxygens (including phenoxy) is 2. The van der Waals surface area contributed by atoms with Crippen molar-refractivity contribution in [2.24, 2.45) is 0 Å². The van der Waals surface area contributed by atoms with E-state index < -0.39 is 4.92 Å². The van der Waals surface area contributed by atoms with Crippen LogP contribution >= 0.6 is 27.5 Å². The zero-order chi connectivity index (χ0) is 23.1. The van der Waals surface area contributed by atoms with E-state index in [-0.39, 0.29) is 12.3 Å². The van der Waals surface area contributed by atoms with E-state index in [1.807, 2.05) is 31.2 Å². The quantitative estimate of drug-likeness (QED) is 0.139. The van der Waals surface area contributed by atoms with Gasteiger partial charge in [0, 0.05) is 16.6 Å². The molecule has 6 nitrogen and oxygen atoms in total. The van der Waals surface area contributed by atoms with Crippen molar-refractivity contribution in [2.75, 3.05) is 6.61 Å². The predicted octanol–water partition coefficient (Wildman–Crippen LogP) is 7.05. The van der Waals surface area contributed by atoms with Crippen LogP contribution in [0.2, 0.25) is 5.02 Å². The Morgan fingerprint density at radius 2 is 1.84 bits per heavy atom. The highest BCUT2D eigenvalue weighted by Gasteiger charge is 2.14. The number of nitrogens with zero attached hydrogens (tertiary/aromatic N) is 2. The minimum atomic E-state index is -0.454. The fraction of sp³-hybridized carbons (Fsp3) is 0.125. The van der Waals surface area contributed by atoms with Crippen molar-refractivity contribution in [3.8, 4) is 17.6 Å². The first-order valence-electron chi connectivity index (χ1n) is 9.61. The van der Waals surface area contributed by atoms with Gasteiger partial charge in [0.25, 0.3) is 5.69 Å². The molecule has 0 aliphatic carbocycles. The molecule has 0 unspecified atom stereocenters. The summed E-state index contributed by atoms with van der Waals surface area (Å²) in [5.74, 6) is 0.812. The average Bonchev–Trinajstić information content (AvgIpc) is 2.78. The van der Waals surface area contributed by atoms with Gasteiger partial charge in [0.1, 0.15) is 6.61 Å². The number of hydrogen-bond donors (Lipinski definition) is 0. The highest BCUT2D eigenvalue weighted by Crippen LogP contribution is 2.38. The lowest BCUT2D eigenvalue weighted by Gasteiger charge is -2.15. The summed E-state index contributed by atoms with van der Waals surface area (Å²) >= 11 is 9.87. The van der Waals surface area contributed by atoms with Gasteiger partial charge in [-0.25, -0.2) is 0 Å². The van der Waals surface area contributed by atoms with Crippen LogP contribution in [-0.4, -0.2) is 11.5 Å². The molecule has 0 aliphatic heterocycles. The maximum absolute atomic E-state index is 10.8. The zero-order valence-electron chi connectivity index (χ0n) is 17.0. The fourth-order valence-electron chi connectivity index (χ4n) is 2.92. The van der Waals surface area contributed by atoms with Crippen molar-refractivity contribution >= 4 is 44.9 Å². The summed E-state index contributed by atoms with van der Waals surface area (Å²) in [6.07, 6.45) is 1.73. The van der Waals surface area contributed by atoms with E-state index in [1.54, 1.807) is 30.3 Å². The van der Waals surface area contributed by atoms with Crippen LogP contribution in [-0.2, 0) is 6.61 Å². The number of halogens is 2. The van der Waals surface area contributed by atoms with Gasteiger partial charge < -0.3 is 9.47 Å². The molecule has 3 rings (SSSR count). The highest BCUT2D eigenvalue weighted by atomic mass is 79.9. The summed E-state index contributed by atoms with van der Waals surface area (Å²) in [7, 11) is 0. The number of allylic oxidation sites excluding steroid dienone is 1. The topological polar surface area (TPSA) is 85.4 Å². The Hall–Kier alpha value is -3.34. The Labute approximate surface area is 198 Å². The summed E-state index contributed by atoms with van der Waals surface area (Å²) in [5, 5.41) is 20.7. The van der Waals surface area contributed by atoms with Crippen molar-refractivity contribution in [1.29, 1.82) is 5.26 Å². The summed E-state index contributed by atoms with van der Waals surface area (Å²) in [4.78, 5) is 10.3. The molecule has 0 atom stereocenters. The Bertz CT molecular complexity index is 1190. The second kappa shape index (κ2) is 10.8. The first-order valence-corrected chi connectivity index (χ1v) is 10.8. The maximum atomic E-state index is 10.8. The van der Waals surface area contributed by atoms with E-state index in [1.165, 1.54) is 12.1 Å². The molecule has 0 saturated carbocycles. The monoisotopic (exact) mass is 512 g/mol. The van der Waals surface area contributed by atoms with Crippen LogP contribution in [0.5, 0.6) is 11.5 Å². The third-order valence-electron chi connectivity index (χ3n) is 4.45. The molecule has 0 N–H and O–H groups in total. The largest absolute Gasteiger partial charge is 0.490 e. The van der Waals surface area contributed by atoms with Crippen LogP contribution in [0, 0.1) is 21.4 Å². The molecule has 162 valence electrons. The first-order chi connectivity index (χ1) is 15.4. The number of nitriles is 1. The summed E-state index contributed by atoms with van der Waals surface area (Å²) < 4.78 is 12.5. The van der Waals surface area contributed by atoms with Gasteiger partial charge in [-0.3, -0.25) is 10.1 Å². The van der Waals surface area contributed by atoms with Gasteiger partial charge in [-0.05, 0) is 66.1 Å². The molecule has 0 saturated heterocycles. The molecule has 0 aromatic heterocycles. The lowest BCUT2D eigenvalue weighted by Crippen LogP contribution is -2.01. The van der Waals surface area contributed by atoms with E-state index in [0.717, 1.165) is 15.6 Å². The van der Waals surface area contributed by atoms with Gasteiger partial charge in [0.15, 0.2) is 11.5 Å². The van der Waals surface area contributed by atoms with Gasteiger partial charge in [-0.15, -0.1) is 0 Å². The van der Waals surface area contributed by atoms with E-state index in [0.29, 0.717) is 34.3 Å². The third-order valence-corrected chi connectivity index (χ3v) is 5.26. The molecule has 8 heteroatoms. The number of hydrogen-bond acceptors (Lipinski definition) is 5. The smallest absolute Gasteiger partial charge is 0.269 e. The summed E-state index contributed by atoms with van der Waals surface area (Å²) in [6.45, 7) is 2.41. The van der Waals surface area contributed by atoms with Crippen molar-refractivity contribution in [3.05, 3.63) is 97.0 Å². The normalized spacial score (nSPS) is 11.0. The van der Waals surface area contributed by atoms with Crippen molar-refractivity contribution in [1.82, 2.24) is 0 Å². The molecule has 3 aromatic carbocycles. The van der Waals surface area contributed by atoms with Crippen LogP contribution in [0.15, 0.2) is 65.1 Å². The first kappa shape index (κ1) is 23.3. The van der Waals surface area contributed by atoms with Crippen LogP contribution in [0.1, 0.15) is 23.6 Å². The molecule has 0 fully saturated rings. The number of rotatable bonds is 8. The van der Waals surface area contributed by atoms with E-state index in [4.69, 9.17) is 21.1 Å². The number of nitro groups is 1. The van der Waals surface area contributed by atoms with Crippen LogP contribution in [0.25, 0.3) is 11.6 Å². The van der Waals surface area contributed by atoms with E-state index in [9.17, 15) is 15.4 Å². The molecule has 3 aromatic rings. The Balaban J connectivity index is 1.87. The highest BCUT2D eigenvalue weighted by molar-refractivity contribution is 9.10. The van der Waals surface area contributed by atoms with Gasteiger partial charge in [-0.1, -0.05) is 39.7 Å². The second-order valence-corrected chi connectivity index (χ2v) is 7.97. The molecular formula is C24H18BrClN2O4. The standard InChI is InChI=1S/C24H18BrClN2O4/c1-2-31-23-13-17(11-19(14-27)18-5-7-20(25)8-6-18)12-22(26)24(23)32-15-16-3-9-21(10-4-16)28(29)30/h3-13H,2,15H2,1H3/b19-11+. The molecule has 0 heterocycles. The van der Waals surface area contributed by atoms with Gasteiger partial charge in [0.2, 0.25) is 0 Å². The predicted molar refractivity (Wildman–Crippen MR) is 128 cm³/mol. The molecule has 0 spiro atoms. The number of benzene rings is 3. The van der Waals surface area contributed by atoms with Crippen LogP contribution < -0.4 is 9.47 Å². The van der Waals surface area contributed by atoms with E-state index in [2.05, 4.69) is 22.0 Å². The van der Waals surface area contributed by atoms with Crippen molar-refractivity contribution in [2.45, 2.75) is 13.5 Å². The molecular weight excluding hydrogens is 496 g/mol. The molecule has 0 bridgehead atoms. The summed E-state index contributed by atoms with van der Waals surface area (Å²) in [5.41, 5.74) is 2.72. The molecule has 0 amide bonds. The number of non-ortho nitro benzene ring substituents is 1. The van der Waals surface area contributed by atoms with Crippen molar-refractivity contribution in [3.63, 3.8) is 0 Å². The Morgan fingerprint density at radius 3 is 2.44 bits per heavy atom.